The molecule has 3 atom stereocenters. The molecule has 2 rings (SSSR count). The molecule has 1 fully saturated rings. The van der Waals surface area contributed by atoms with Crippen LogP contribution in [-0.2, 0) is 6.54 Å². The molecule has 0 aromatic heterocycles. The van der Waals surface area contributed by atoms with E-state index in [1.54, 1.807) is 11.8 Å². The van der Waals surface area contributed by atoms with Crippen molar-refractivity contribution in [3.63, 3.8) is 0 Å². The van der Waals surface area contributed by atoms with Crippen molar-refractivity contribution in [2.75, 3.05) is 19.6 Å². The lowest BCUT2D eigenvalue weighted by Crippen LogP contribution is -2.52. The summed E-state index contributed by atoms with van der Waals surface area (Å²) in [6.45, 7) is 6.82. The Morgan fingerprint density at radius 2 is 1.36 bits per heavy atom. The topological polar surface area (TPSA) is 115 Å². The van der Waals surface area contributed by atoms with Crippen LogP contribution in [0.15, 0.2) is 30.3 Å². The summed E-state index contributed by atoms with van der Waals surface area (Å²) in [4.78, 5) is 38.5. The zero-order valence-corrected chi connectivity index (χ0v) is 16.6. The monoisotopic (exact) mass is 390 g/mol. The number of nitrogens with one attached hydrogen (secondary N) is 5. The average molecular weight is 390 g/mol. The molecule has 9 nitrogen and oxygen atoms in total. The fraction of sp³-hybridized carbons (Fsp3) is 0.526. The van der Waals surface area contributed by atoms with Crippen molar-refractivity contribution < 1.29 is 14.4 Å². The van der Waals surface area contributed by atoms with Gasteiger partial charge in [-0.25, -0.2) is 14.4 Å². The van der Waals surface area contributed by atoms with Crippen LogP contribution in [0.4, 0.5) is 14.4 Å². The minimum absolute atomic E-state index is 0.227. The van der Waals surface area contributed by atoms with Gasteiger partial charge in [-0.1, -0.05) is 30.3 Å². The van der Waals surface area contributed by atoms with Crippen molar-refractivity contribution in [3.8, 4) is 0 Å². The SMILES string of the molecule is C[C@H]1CNC(=O)N[C@@H](C)CNC(=O)N(Cc2ccccc2)[C@@H](C)CNC(=O)N1. The van der Waals surface area contributed by atoms with E-state index in [0.29, 0.717) is 26.2 Å². The first-order valence-electron chi connectivity index (χ1n) is 9.52. The van der Waals surface area contributed by atoms with E-state index in [1.165, 1.54) is 0 Å². The number of carbonyl (C=O) groups is 3. The zero-order chi connectivity index (χ0) is 20.5. The highest BCUT2D eigenvalue weighted by molar-refractivity contribution is 5.77. The van der Waals surface area contributed by atoms with Crippen molar-refractivity contribution in [1.82, 2.24) is 31.5 Å². The predicted molar refractivity (Wildman–Crippen MR) is 107 cm³/mol. The highest BCUT2D eigenvalue weighted by Crippen LogP contribution is 2.09. The molecule has 1 aliphatic heterocycles. The number of rotatable bonds is 2. The molecule has 1 aromatic carbocycles. The summed E-state index contributed by atoms with van der Waals surface area (Å²) in [6, 6.07) is 8.01. The van der Waals surface area contributed by atoms with Crippen molar-refractivity contribution in [3.05, 3.63) is 35.9 Å². The summed E-state index contributed by atoms with van der Waals surface area (Å²) >= 11 is 0. The second-order valence-electron chi connectivity index (χ2n) is 7.16. The van der Waals surface area contributed by atoms with Gasteiger partial charge in [0.2, 0.25) is 0 Å². The largest absolute Gasteiger partial charge is 0.336 e. The Bertz CT molecular complexity index is 669. The van der Waals surface area contributed by atoms with Crippen LogP contribution in [0.2, 0.25) is 0 Å². The Hall–Kier alpha value is -2.97. The first kappa shape index (κ1) is 21.3. The molecule has 0 aliphatic carbocycles. The molecular formula is C19H30N6O3. The quantitative estimate of drug-likeness (QED) is 0.518. The maximum absolute atomic E-state index is 12.8. The van der Waals surface area contributed by atoms with Gasteiger partial charge in [-0.05, 0) is 26.3 Å². The Labute approximate surface area is 165 Å². The van der Waals surface area contributed by atoms with Gasteiger partial charge < -0.3 is 31.5 Å². The molecule has 0 saturated carbocycles. The molecule has 9 heteroatoms. The van der Waals surface area contributed by atoms with Crippen LogP contribution in [0.5, 0.6) is 0 Å². The molecule has 1 heterocycles. The number of hydrogen-bond donors (Lipinski definition) is 5. The number of benzene rings is 1. The molecule has 28 heavy (non-hydrogen) atoms. The molecular weight excluding hydrogens is 360 g/mol. The second-order valence-corrected chi connectivity index (χ2v) is 7.16. The summed E-state index contributed by atoms with van der Waals surface area (Å²) in [7, 11) is 0. The molecule has 1 saturated heterocycles. The highest BCUT2D eigenvalue weighted by Gasteiger charge is 2.22. The molecule has 0 spiro atoms. The van der Waals surface area contributed by atoms with E-state index < -0.39 is 0 Å². The van der Waals surface area contributed by atoms with E-state index >= 15 is 0 Å². The fourth-order valence-electron chi connectivity index (χ4n) is 2.80. The lowest BCUT2D eigenvalue weighted by atomic mass is 10.2. The zero-order valence-electron chi connectivity index (χ0n) is 16.6. The summed E-state index contributed by atoms with van der Waals surface area (Å²) in [5.74, 6) is 0. The first-order chi connectivity index (χ1) is 13.3. The Morgan fingerprint density at radius 1 is 0.821 bits per heavy atom. The maximum Gasteiger partial charge on any atom is 0.318 e. The lowest BCUT2D eigenvalue weighted by molar-refractivity contribution is 0.172. The van der Waals surface area contributed by atoms with Gasteiger partial charge in [0.1, 0.15) is 0 Å². The Kier molecular flexibility index (Phi) is 7.91. The van der Waals surface area contributed by atoms with E-state index in [9.17, 15) is 14.4 Å². The standard InChI is InChI=1S/C19H30N6O3/c1-13-9-20-17(26)24-14(2)10-22-19(28)25(12-16-7-5-4-6-8-16)15(3)11-21-18(27)23-13/h4-8,13-15H,9-12H2,1-3H3,(H,22,28)(H2,20,24,26)(H2,21,23,27)/t13-,14-,15-/m0/s1. The summed E-state index contributed by atoms with van der Waals surface area (Å²) in [6.07, 6.45) is 0. The van der Waals surface area contributed by atoms with Crippen molar-refractivity contribution in [1.29, 1.82) is 0 Å². The van der Waals surface area contributed by atoms with E-state index in [2.05, 4.69) is 26.6 Å². The Morgan fingerprint density at radius 3 is 1.96 bits per heavy atom. The number of nitrogens with zero attached hydrogens (tertiary/aromatic N) is 1. The lowest BCUT2D eigenvalue weighted by Gasteiger charge is -2.30. The summed E-state index contributed by atoms with van der Waals surface area (Å²) < 4.78 is 0. The van der Waals surface area contributed by atoms with Crippen LogP contribution < -0.4 is 26.6 Å². The molecule has 1 aromatic rings. The highest BCUT2D eigenvalue weighted by atomic mass is 16.2. The van der Waals surface area contributed by atoms with Crippen molar-refractivity contribution in [2.24, 2.45) is 0 Å². The van der Waals surface area contributed by atoms with Gasteiger partial charge in [0.05, 0.1) is 0 Å². The van der Waals surface area contributed by atoms with Crippen LogP contribution in [0.25, 0.3) is 0 Å². The third kappa shape index (κ3) is 6.98. The summed E-state index contributed by atoms with van der Waals surface area (Å²) in [5, 5.41) is 13.9. The van der Waals surface area contributed by atoms with Crippen LogP contribution in [0, 0.1) is 0 Å². The molecule has 5 N–H and O–H groups in total. The smallest absolute Gasteiger partial charge is 0.318 e. The van der Waals surface area contributed by atoms with Gasteiger partial charge in [-0.15, -0.1) is 0 Å². The fourth-order valence-corrected chi connectivity index (χ4v) is 2.80. The molecule has 1 aliphatic rings. The first-order valence-corrected chi connectivity index (χ1v) is 9.52. The number of urea groups is 3. The third-order valence-electron chi connectivity index (χ3n) is 4.43. The van der Waals surface area contributed by atoms with Gasteiger partial charge in [-0.3, -0.25) is 0 Å². The van der Waals surface area contributed by atoms with Crippen LogP contribution >= 0.6 is 0 Å². The van der Waals surface area contributed by atoms with Gasteiger partial charge in [0.15, 0.2) is 0 Å². The van der Waals surface area contributed by atoms with Gasteiger partial charge in [0.25, 0.3) is 0 Å². The van der Waals surface area contributed by atoms with Crippen LogP contribution in [0.3, 0.4) is 0 Å². The summed E-state index contributed by atoms with van der Waals surface area (Å²) in [5.41, 5.74) is 0.992. The normalized spacial score (nSPS) is 25.2. The third-order valence-corrected chi connectivity index (χ3v) is 4.43. The minimum atomic E-state index is -0.347. The van der Waals surface area contributed by atoms with Crippen molar-refractivity contribution in [2.45, 2.75) is 45.4 Å². The molecule has 0 unspecified atom stereocenters. The van der Waals surface area contributed by atoms with Crippen LogP contribution in [0.1, 0.15) is 26.3 Å². The minimum Gasteiger partial charge on any atom is -0.336 e. The van der Waals surface area contributed by atoms with E-state index in [1.807, 2.05) is 44.2 Å². The number of hydrogen-bond acceptors (Lipinski definition) is 3. The predicted octanol–water partition coefficient (Wildman–Crippen LogP) is 0.976. The molecule has 6 amide bonds. The molecule has 0 radical (unpaired) electrons. The Balaban J connectivity index is 2.13. The number of carbonyl (C=O) groups excluding carboxylic acids is 3. The second kappa shape index (κ2) is 10.4. The van der Waals surface area contributed by atoms with E-state index in [0.717, 1.165) is 5.56 Å². The van der Waals surface area contributed by atoms with Gasteiger partial charge >= 0.3 is 18.1 Å². The van der Waals surface area contributed by atoms with Crippen LogP contribution in [-0.4, -0.2) is 60.8 Å². The van der Waals surface area contributed by atoms with Crippen molar-refractivity contribution >= 4 is 18.1 Å². The number of amides is 6. The van der Waals surface area contributed by atoms with Gasteiger partial charge in [0, 0.05) is 44.3 Å². The molecule has 0 bridgehead atoms. The maximum atomic E-state index is 12.8. The average Bonchev–Trinajstić information content (AvgIpc) is 2.67. The van der Waals surface area contributed by atoms with E-state index in [4.69, 9.17) is 0 Å². The van der Waals surface area contributed by atoms with E-state index in [-0.39, 0.29) is 36.2 Å². The molecule has 154 valence electrons. The van der Waals surface area contributed by atoms with Gasteiger partial charge in [-0.2, -0.15) is 0 Å².